The zero-order chi connectivity index (χ0) is 28.9. The molecule has 2 aromatic rings. The third-order valence-corrected chi connectivity index (χ3v) is 8.19. The van der Waals surface area contributed by atoms with E-state index in [1.54, 1.807) is 4.90 Å². The predicted octanol–water partition coefficient (Wildman–Crippen LogP) is 1.96. The SMILES string of the molecule is CCc1nc(C(N)=O)c(Nc2ccc3c(c2)OCC(=O)N3CCCN2CCN(C)CC2)nc1N[C@H]1CC[C@H](O)CC1. The molecule has 1 aromatic carbocycles. The maximum Gasteiger partial charge on any atom is 0.271 e. The number of nitrogens with zero attached hydrogens (tertiary/aromatic N) is 5. The molecule has 12 nitrogen and oxygen atoms in total. The van der Waals surface area contributed by atoms with E-state index in [4.69, 9.17) is 15.5 Å². The lowest BCUT2D eigenvalue weighted by atomic mass is 9.93. The molecule has 2 amide bonds. The fourth-order valence-corrected chi connectivity index (χ4v) is 5.69. The Balaban J connectivity index is 1.31. The third kappa shape index (κ3) is 7.06. The van der Waals surface area contributed by atoms with Gasteiger partial charge in [-0.1, -0.05) is 6.92 Å². The van der Waals surface area contributed by atoms with Crippen LogP contribution in [0.15, 0.2) is 18.2 Å². The number of ether oxygens (including phenoxy) is 1. The number of aryl methyl sites for hydroxylation is 1. The molecule has 1 saturated carbocycles. The van der Waals surface area contributed by atoms with Crippen molar-refractivity contribution in [2.75, 3.05) is 68.5 Å². The average molecular weight is 567 g/mol. The number of likely N-dealkylation sites (N-methyl/N-ethyl adjacent to an activating group) is 1. The minimum atomic E-state index is -0.673. The number of aliphatic hydroxyl groups excluding tert-OH is 1. The molecule has 3 heterocycles. The Kier molecular flexibility index (Phi) is 9.21. The van der Waals surface area contributed by atoms with E-state index in [0.29, 0.717) is 35.9 Å². The van der Waals surface area contributed by atoms with E-state index in [1.165, 1.54) is 0 Å². The molecule has 0 unspecified atom stereocenters. The maximum absolute atomic E-state index is 12.7. The fourth-order valence-electron chi connectivity index (χ4n) is 5.69. The lowest BCUT2D eigenvalue weighted by Crippen LogP contribution is -2.46. The number of carbonyl (C=O) groups is 2. The average Bonchev–Trinajstić information content (AvgIpc) is 2.96. The summed E-state index contributed by atoms with van der Waals surface area (Å²) in [6.45, 7) is 7.75. The van der Waals surface area contributed by atoms with E-state index in [0.717, 1.165) is 70.5 Å². The number of nitrogens with two attached hydrogens (primary N) is 1. The van der Waals surface area contributed by atoms with Gasteiger partial charge in [0.25, 0.3) is 11.8 Å². The van der Waals surface area contributed by atoms with E-state index in [-0.39, 0.29) is 36.2 Å². The van der Waals surface area contributed by atoms with Gasteiger partial charge in [0.2, 0.25) is 0 Å². The Morgan fingerprint density at radius 3 is 2.56 bits per heavy atom. The molecule has 0 bridgehead atoms. The van der Waals surface area contributed by atoms with Crippen LogP contribution in [-0.2, 0) is 11.2 Å². The van der Waals surface area contributed by atoms with Crippen LogP contribution in [-0.4, -0.2) is 102 Å². The summed E-state index contributed by atoms with van der Waals surface area (Å²) < 4.78 is 5.79. The summed E-state index contributed by atoms with van der Waals surface area (Å²) >= 11 is 0. The zero-order valence-corrected chi connectivity index (χ0v) is 24.1. The van der Waals surface area contributed by atoms with Crippen molar-refractivity contribution in [1.29, 1.82) is 0 Å². The summed E-state index contributed by atoms with van der Waals surface area (Å²) in [5.41, 5.74) is 7.78. The van der Waals surface area contributed by atoms with E-state index >= 15 is 0 Å². The number of nitrogens with one attached hydrogen (secondary N) is 2. The highest BCUT2D eigenvalue weighted by atomic mass is 16.5. The number of rotatable bonds is 10. The molecular weight excluding hydrogens is 524 g/mol. The molecular formula is C29H42N8O4. The van der Waals surface area contributed by atoms with Crippen LogP contribution in [0.5, 0.6) is 5.75 Å². The van der Waals surface area contributed by atoms with Crippen molar-refractivity contribution < 1.29 is 19.4 Å². The highest BCUT2D eigenvalue weighted by Gasteiger charge is 2.27. The van der Waals surface area contributed by atoms with Gasteiger partial charge in [0, 0.05) is 50.5 Å². The molecule has 3 aliphatic rings. The molecule has 0 radical (unpaired) electrons. The van der Waals surface area contributed by atoms with E-state index in [9.17, 15) is 14.7 Å². The van der Waals surface area contributed by atoms with Gasteiger partial charge in [0.05, 0.1) is 17.5 Å². The predicted molar refractivity (Wildman–Crippen MR) is 158 cm³/mol. The molecule has 1 saturated heterocycles. The van der Waals surface area contributed by atoms with Gasteiger partial charge >= 0.3 is 0 Å². The molecule has 12 heteroatoms. The summed E-state index contributed by atoms with van der Waals surface area (Å²) in [5.74, 6) is 0.719. The Labute approximate surface area is 241 Å². The Morgan fingerprint density at radius 1 is 1.10 bits per heavy atom. The number of carbonyl (C=O) groups excluding carboxylic acids is 2. The summed E-state index contributed by atoms with van der Waals surface area (Å²) in [5, 5.41) is 16.5. The van der Waals surface area contributed by atoms with Gasteiger partial charge < -0.3 is 40.9 Å². The second-order valence-electron chi connectivity index (χ2n) is 11.2. The molecule has 1 aliphatic carbocycles. The molecule has 222 valence electrons. The molecule has 2 aliphatic heterocycles. The quantitative estimate of drug-likeness (QED) is 0.336. The zero-order valence-electron chi connectivity index (χ0n) is 24.1. The van der Waals surface area contributed by atoms with E-state index in [2.05, 4.69) is 32.5 Å². The molecule has 41 heavy (non-hydrogen) atoms. The van der Waals surface area contributed by atoms with Gasteiger partial charge in [0.15, 0.2) is 18.1 Å². The fraction of sp³-hybridized carbons (Fsp3) is 0.586. The molecule has 5 N–H and O–H groups in total. The standard InChI is InChI=1S/C29H42N8O4/c1-3-22-28(31-19-5-8-21(38)9-6-19)34-29(26(33-22)27(30)40)32-20-7-10-23-24(17-20)41-18-25(39)37(23)12-4-11-36-15-13-35(2)14-16-36/h7,10,17,19,21,38H,3-6,8-9,11-16,18H2,1-2H3,(H2,30,40)(H2,31,32,34)/t19-,21-. The second kappa shape index (κ2) is 13.0. The van der Waals surface area contributed by atoms with Crippen LogP contribution in [0.25, 0.3) is 0 Å². The molecule has 0 spiro atoms. The number of benzene rings is 1. The monoisotopic (exact) mass is 566 g/mol. The number of hydrogen-bond acceptors (Lipinski definition) is 10. The van der Waals surface area contributed by atoms with Crippen molar-refractivity contribution in [3.63, 3.8) is 0 Å². The van der Waals surface area contributed by atoms with Gasteiger partial charge in [-0.3, -0.25) is 9.59 Å². The van der Waals surface area contributed by atoms with E-state index < -0.39 is 5.91 Å². The van der Waals surface area contributed by atoms with Crippen molar-refractivity contribution in [2.45, 2.75) is 57.6 Å². The number of aliphatic hydroxyl groups is 1. The molecule has 2 fully saturated rings. The number of fused-ring (bicyclic) bond motifs is 1. The van der Waals surface area contributed by atoms with Gasteiger partial charge in [-0.15, -0.1) is 0 Å². The van der Waals surface area contributed by atoms with Crippen LogP contribution in [0.2, 0.25) is 0 Å². The number of piperazine rings is 1. The van der Waals surface area contributed by atoms with Gasteiger partial charge in [-0.25, -0.2) is 9.97 Å². The van der Waals surface area contributed by atoms with Crippen LogP contribution in [0.3, 0.4) is 0 Å². The van der Waals surface area contributed by atoms with Crippen molar-refractivity contribution in [3.05, 3.63) is 29.6 Å². The van der Waals surface area contributed by atoms with Crippen LogP contribution >= 0.6 is 0 Å². The summed E-state index contributed by atoms with van der Waals surface area (Å²) in [6, 6.07) is 5.67. The highest BCUT2D eigenvalue weighted by Crippen LogP contribution is 2.36. The lowest BCUT2D eigenvalue weighted by Gasteiger charge is -2.34. The second-order valence-corrected chi connectivity index (χ2v) is 11.2. The first-order valence-corrected chi connectivity index (χ1v) is 14.7. The normalized spacial score (nSPS) is 21.7. The first kappa shape index (κ1) is 29.0. The van der Waals surface area contributed by atoms with Crippen LogP contribution < -0.4 is 26.0 Å². The molecule has 0 atom stereocenters. The van der Waals surface area contributed by atoms with E-state index in [1.807, 2.05) is 25.1 Å². The first-order chi connectivity index (χ1) is 19.8. The number of aromatic nitrogens is 2. The number of hydrogen-bond donors (Lipinski definition) is 4. The Bertz CT molecular complexity index is 1240. The Morgan fingerprint density at radius 2 is 1.85 bits per heavy atom. The van der Waals surface area contributed by atoms with Crippen molar-refractivity contribution in [2.24, 2.45) is 5.73 Å². The molecule has 1 aromatic heterocycles. The van der Waals surface area contributed by atoms with Crippen LogP contribution in [0.1, 0.15) is 55.2 Å². The van der Waals surface area contributed by atoms with Crippen LogP contribution in [0.4, 0.5) is 23.0 Å². The number of anilines is 4. The first-order valence-electron chi connectivity index (χ1n) is 14.7. The smallest absolute Gasteiger partial charge is 0.271 e. The van der Waals surface area contributed by atoms with Gasteiger partial charge in [-0.2, -0.15) is 0 Å². The van der Waals surface area contributed by atoms with Crippen molar-refractivity contribution in [1.82, 2.24) is 19.8 Å². The Hall–Kier alpha value is -3.48. The third-order valence-electron chi connectivity index (χ3n) is 8.19. The number of amides is 2. The van der Waals surface area contributed by atoms with Gasteiger partial charge in [0.1, 0.15) is 11.6 Å². The minimum absolute atomic E-state index is 0.0212. The highest BCUT2D eigenvalue weighted by molar-refractivity contribution is 5.99. The lowest BCUT2D eigenvalue weighted by molar-refractivity contribution is -0.121. The van der Waals surface area contributed by atoms with Crippen LogP contribution in [0, 0.1) is 0 Å². The topological polar surface area (TPSA) is 149 Å². The largest absolute Gasteiger partial charge is 0.481 e. The van der Waals surface area contributed by atoms with Gasteiger partial charge in [-0.05, 0) is 64.3 Å². The maximum atomic E-state index is 12.7. The summed E-state index contributed by atoms with van der Waals surface area (Å²) in [6.07, 6.45) is 4.35. The number of primary amides is 1. The van der Waals surface area contributed by atoms with Crippen molar-refractivity contribution >= 4 is 34.8 Å². The summed E-state index contributed by atoms with van der Waals surface area (Å²) in [4.78, 5) is 40.9. The summed E-state index contributed by atoms with van der Waals surface area (Å²) in [7, 11) is 2.14. The van der Waals surface area contributed by atoms with Crippen molar-refractivity contribution in [3.8, 4) is 5.75 Å². The minimum Gasteiger partial charge on any atom is -0.481 e. The molecule has 5 rings (SSSR count).